The molecular weight excluding hydrogens is 224 g/mol. The van der Waals surface area contributed by atoms with Crippen molar-refractivity contribution in [1.29, 1.82) is 0 Å². The number of hydrogen-bond donors (Lipinski definition) is 2. The zero-order valence-corrected chi connectivity index (χ0v) is 10.5. The van der Waals surface area contributed by atoms with Crippen LogP contribution in [0.15, 0.2) is 11.1 Å². The lowest BCUT2D eigenvalue weighted by Gasteiger charge is -2.11. The summed E-state index contributed by atoms with van der Waals surface area (Å²) in [6, 6.07) is 0. The molecule has 17 heavy (non-hydrogen) atoms. The minimum Gasteiger partial charge on any atom is -0.478 e. The van der Waals surface area contributed by atoms with E-state index in [4.69, 9.17) is 5.11 Å². The van der Waals surface area contributed by atoms with Crippen molar-refractivity contribution in [1.82, 2.24) is 10.2 Å². The molecule has 0 aliphatic heterocycles. The van der Waals surface area contributed by atoms with Crippen LogP contribution in [0.3, 0.4) is 0 Å². The fraction of sp³-hybridized carbons (Fsp3) is 0.545. The predicted molar refractivity (Wildman–Crippen MR) is 62.3 cm³/mol. The lowest BCUT2D eigenvalue weighted by molar-refractivity contribution is -0.133. The molecule has 0 aromatic carbocycles. The summed E-state index contributed by atoms with van der Waals surface area (Å²) in [6.07, 6.45) is 0.193. The Morgan fingerprint density at radius 3 is 2.06 bits per heavy atom. The highest BCUT2D eigenvalue weighted by atomic mass is 16.4. The largest absolute Gasteiger partial charge is 0.478 e. The molecule has 0 radical (unpaired) electrons. The smallest absolute Gasteiger partial charge is 0.331 e. The van der Waals surface area contributed by atoms with E-state index in [9.17, 15) is 14.4 Å². The second kappa shape index (κ2) is 6.67. The third-order valence-electron chi connectivity index (χ3n) is 2.35. The standard InChI is InChI=1S/C11H18N2O4/c1-7(8(2)11(16)17)10(15)12-6-5-9(14)13(3)4/h5-6H2,1-4H3,(H,12,15)(H,16,17)/b8-7-. The highest BCUT2D eigenvalue weighted by Gasteiger charge is 2.12. The Balaban J connectivity index is 4.25. The van der Waals surface area contributed by atoms with Crippen LogP contribution in [0.4, 0.5) is 0 Å². The van der Waals surface area contributed by atoms with E-state index in [0.717, 1.165) is 0 Å². The second-order valence-corrected chi connectivity index (χ2v) is 3.85. The molecule has 0 unspecified atom stereocenters. The van der Waals surface area contributed by atoms with Gasteiger partial charge in [0.1, 0.15) is 0 Å². The molecule has 6 nitrogen and oxygen atoms in total. The fourth-order valence-corrected chi connectivity index (χ4v) is 0.970. The Bertz CT molecular complexity index is 358. The van der Waals surface area contributed by atoms with Gasteiger partial charge in [0.15, 0.2) is 0 Å². The summed E-state index contributed by atoms with van der Waals surface area (Å²) in [6.45, 7) is 2.99. The highest BCUT2D eigenvalue weighted by Crippen LogP contribution is 2.03. The van der Waals surface area contributed by atoms with Crippen LogP contribution in [0, 0.1) is 0 Å². The van der Waals surface area contributed by atoms with Crippen molar-refractivity contribution >= 4 is 17.8 Å². The molecule has 0 aromatic rings. The molecule has 0 rings (SSSR count). The van der Waals surface area contributed by atoms with Crippen LogP contribution in [0.5, 0.6) is 0 Å². The minimum atomic E-state index is -1.12. The fourth-order valence-electron chi connectivity index (χ4n) is 0.970. The Kier molecular flexibility index (Phi) is 5.95. The van der Waals surface area contributed by atoms with Gasteiger partial charge in [0.25, 0.3) is 0 Å². The van der Waals surface area contributed by atoms with Gasteiger partial charge >= 0.3 is 5.97 Å². The first kappa shape index (κ1) is 15.2. The molecule has 0 heterocycles. The lowest BCUT2D eigenvalue weighted by atomic mass is 10.1. The molecule has 0 saturated carbocycles. The maximum absolute atomic E-state index is 11.5. The summed E-state index contributed by atoms with van der Waals surface area (Å²) < 4.78 is 0. The number of carbonyl (C=O) groups is 3. The summed E-state index contributed by atoms with van der Waals surface area (Å²) in [5.74, 6) is -1.68. The van der Waals surface area contributed by atoms with Gasteiger partial charge in [0, 0.05) is 38.2 Å². The van der Waals surface area contributed by atoms with Crippen LogP contribution < -0.4 is 5.32 Å². The second-order valence-electron chi connectivity index (χ2n) is 3.85. The summed E-state index contributed by atoms with van der Waals surface area (Å²) in [4.78, 5) is 34.7. The zero-order chi connectivity index (χ0) is 13.6. The SMILES string of the molecule is C/C(C(=O)O)=C(\C)C(=O)NCCC(=O)N(C)C. The first-order valence-electron chi connectivity index (χ1n) is 5.16. The van der Waals surface area contributed by atoms with E-state index in [1.54, 1.807) is 14.1 Å². The Labute approximate surface area is 100 Å². The topological polar surface area (TPSA) is 86.7 Å². The van der Waals surface area contributed by atoms with Crippen LogP contribution >= 0.6 is 0 Å². The molecule has 96 valence electrons. The summed E-state index contributed by atoms with van der Waals surface area (Å²) in [5, 5.41) is 11.2. The van der Waals surface area contributed by atoms with Gasteiger partial charge < -0.3 is 15.3 Å². The maximum Gasteiger partial charge on any atom is 0.331 e. The number of nitrogens with one attached hydrogen (secondary N) is 1. The van der Waals surface area contributed by atoms with Crippen LogP contribution in [0.1, 0.15) is 20.3 Å². The van der Waals surface area contributed by atoms with Crippen LogP contribution in [-0.4, -0.2) is 48.4 Å². The highest BCUT2D eigenvalue weighted by molar-refractivity contribution is 6.01. The molecule has 0 aliphatic carbocycles. The van der Waals surface area contributed by atoms with Crippen molar-refractivity contribution in [2.45, 2.75) is 20.3 Å². The van der Waals surface area contributed by atoms with E-state index in [1.165, 1.54) is 18.7 Å². The van der Waals surface area contributed by atoms with Crippen molar-refractivity contribution in [3.63, 3.8) is 0 Å². The summed E-state index contributed by atoms with van der Waals surface area (Å²) in [7, 11) is 3.26. The lowest BCUT2D eigenvalue weighted by Crippen LogP contribution is -2.31. The maximum atomic E-state index is 11.5. The monoisotopic (exact) mass is 242 g/mol. The molecule has 2 N–H and O–H groups in total. The molecule has 0 fully saturated rings. The minimum absolute atomic E-state index is 0.00133. The molecule has 0 aromatic heterocycles. The molecule has 6 heteroatoms. The van der Waals surface area contributed by atoms with E-state index >= 15 is 0 Å². The van der Waals surface area contributed by atoms with Crippen molar-refractivity contribution in [2.75, 3.05) is 20.6 Å². The number of carboxylic acids is 1. The number of aliphatic carboxylic acids is 1. The van der Waals surface area contributed by atoms with Gasteiger partial charge in [0.2, 0.25) is 11.8 Å². The normalized spacial score (nSPS) is 11.5. The molecule has 2 amide bonds. The van der Waals surface area contributed by atoms with E-state index in [2.05, 4.69) is 5.32 Å². The summed E-state index contributed by atoms with van der Waals surface area (Å²) in [5.41, 5.74) is 0.149. The molecule has 0 spiro atoms. The van der Waals surface area contributed by atoms with E-state index in [-0.39, 0.29) is 30.0 Å². The summed E-state index contributed by atoms with van der Waals surface area (Å²) >= 11 is 0. The van der Waals surface area contributed by atoms with Crippen molar-refractivity contribution in [3.8, 4) is 0 Å². The quantitative estimate of drug-likeness (QED) is 0.664. The van der Waals surface area contributed by atoms with E-state index in [0.29, 0.717) is 0 Å². The molecular formula is C11H18N2O4. The number of carbonyl (C=O) groups excluding carboxylic acids is 2. The molecule has 0 saturated heterocycles. The van der Waals surface area contributed by atoms with Crippen LogP contribution in [-0.2, 0) is 14.4 Å². The van der Waals surface area contributed by atoms with Gasteiger partial charge in [-0.2, -0.15) is 0 Å². The van der Waals surface area contributed by atoms with E-state index in [1.807, 2.05) is 0 Å². The third kappa shape index (κ3) is 5.14. The van der Waals surface area contributed by atoms with Gasteiger partial charge in [-0.25, -0.2) is 4.79 Å². The van der Waals surface area contributed by atoms with E-state index < -0.39 is 11.9 Å². The molecule has 0 aliphatic rings. The Hall–Kier alpha value is -1.85. The first-order valence-corrected chi connectivity index (χ1v) is 5.16. The number of amides is 2. The van der Waals surface area contributed by atoms with Crippen molar-refractivity contribution in [3.05, 3.63) is 11.1 Å². The average molecular weight is 242 g/mol. The number of hydrogen-bond acceptors (Lipinski definition) is 3. The van der Waals surface area contributed by atoms with Gasteiger partial charge in [-0.05, 0) is 13.8 Å². The average Bonchev–Trinajstić information content (AvgIpc) is 2.26. The molecule has 0 bridgehead atoms. The van der Waals surface area contributed by atoms with Crippen LogP contribution in [0.25, 0.3) is 0 Å². The van der Waals surface area contributed by atoms with Gasteiger partial charge in [0.05, 0.1) is 0 Å². The first-order chi connectivity index (χ1) is 7.77. The molecule has 0 atom stereocenters. The van der Waals surface area contributed by atoms with Gasteiger partial charge in [-0.1, -0.05) is 0 Å². The third-order valence-corrected chi connectivity index (χ3v) is 2.35. The van der Waals surface area contributed by atoms with Gasteiger partial charge in [-0.3, -0.25) is 9.59 Å². The number of rotatable bonds is 5. The van der Waals surface area contributed by atoms with Crippen molar-refractivity contribution < 1.29 is 19.5 Å². The number of nitrogens with zero attached hydrogens (tertiary/aromatic N) is 1. The van der Waals surface area contributed by atoms with Gasteiger partial charge in [-0.15, -0.1) is 0 Å². The Morgan fingerprint density at radius 1 is 1.12 bits per heavy atom. The number of carboxylic acid groups (broad SMARTS) is 1. The Morgan fingerprint density at radius 2 is 1.65 bits per heavy atom. The zero-order valence-electron chi connectivity index (χ0n) is 10.5. The van der Waals surface area contributed by atoms with Crippen LogP contribution in [0.2, 0.25) is 0 Å². The van der Waals surface area contributed by atoms with Crippen molar-refractivity contribution in [2.24, 2.45) is 0 Å². The predicted octanol–water partition coefficient (Wildman–Crippen LogP) is 0.00190.